The largest absolute Gasteiger partial charge is 0.494 e. The van der Waals surface area contributed by atoms with Crippen LogP contribution in [0.15, 0.2) is 24.3 Å². The molecule has 1 amide bonds. The molecule has 1 saturated heterocycles. The number of rotatable bonds is 5. The molecule has 0 saturated carbocycles. The lowest BCUT2D eigenvalue weighted by Gasteiger charge is -2.10. The van der Waals surface area contributed by atoms with Gasteiger partial charge in [-0.15, -0.1) is 12.4 Å². The number of ether oxygens (including phenoxy) is 1. The summed E-state index contributed by atoms with van der Waals surface area (Å²) in [7, 11) is 0. The van der Waals surface area contributed by atoms with E-state index in [1.807, 2.05) is 19.1 Å². The van der Waals surface area contributed by atoms with Gasteiger partial charge in [0.05, 0.1) is 6.61 Å². The van der Waals surface area contributed by atoms with E-state index in [9.17, 15) is 4.79 Å². The molecule has 1 aromatic rings. The van der Waals surface area contributed by atoms with Crippen LogP contribution in [0.1, 0.15) is 23.7 Å². The zero-order valence-corrected chi connectivity index (χ0v) is 12.0. The maximum Gasteiger partial charge on any atom is 0.251 e. The van der Waals surface area contributed by atoms with Crippen molar-refractivity contribution in [3.05, 3.63) is 29.8 Å². The average molecular weight is 285 g/mol. The highest BCUT2D eigenvalue weighted by Gasteiger charge is 2.15. The molecule has 1 aliphatic rings. The first-order chi connectivity index (χ1) is 8.79. The number of nitrogens with one attached hydrogen (secondary N) is 2. The fourth-order valence-corrected chi connectivity index (χ4v) is 2.10. The maximum atomic E-state index is 11.9. The van der Waals surface area contributed by atoms with Crippen LogP contribution in [0, 0.1) is 5.92 Å². The number of benzene rings is 1. The molecule has 0 spiro atoms. The topological polar surface area (TPSA) is 50.4 Å². The van der Waals surface area contributed by atoms with Crippen LogP contribution in [0.2, 0.25) is 0 Å². The first-order valence-electron chi connectivity index (χ1n) is 6.51. The van der Waals surface area contributed by atoms with E-state index in [4.69, 9.17) is 4.74 Å². The third kappa shape index (κ3) is 4.73. The number of halogens is 1. The number of amides is 1. The van der Waals surface area contributed by atoms with Gasteiger partial charge in [0.2, 0.25) is 0 Å². The summed E-state index contributed by atoms with van der Waals surface area (Å²) in [5.41, 5.74) is 0.685. The Morgan fingerprint density at radius 3 is 2.74 bits per heavy atom. The molecule has 1 aliphatic heterocycles. The molecule has 1 unspecified atom stereocenters. The molecule has 1 aromatic carbocycles. The minimum Gasteiger partial charge on any atom is -0.494 e. The van der Waals surface area contributed by atoms with E-state index in [0.29, 0.717) is 18.1 Å². The Balaban J connectivity index is 0.00000180. The molecule has 0 aromatic heterocycles. The Bertz CT molecular complexity index is 389. The van der Waals surface area contributed by atoms with Gasteiger partial charge in [-0.1, -0.05) is 0 Å². The molecule has 5 heteroatoms. The quantitative estimate of drug-likeness (QED) is 0.868. The first-order valence-corrected chi connectivity index (χ1v) is 6.51. The first kappa shape index (κ1) is 15.8. The van der Waals surface area contributed by atoms with Crippen molar-refractivity contribution in [2.24, 2.45) is 5.92 Å². The fourth-order valence-electron chi connectivity index (χ4n) is 2.10. The van der Waals surface area contributed by atoms with E-state index in [0.717, 1.165) is 31.8 Å². The third-order valence-corrected chi connectivity index (χ3v) is 3.14. The third-order valence-electron chi connectivity index (χ3n) is 3.14. The zero-order valence-electron chi connectivity index (χ0n) is 11.1. The lowest BCUT2D eigenvalue weighted by atomic mass is 10.1. The lowest BCUT2D eigenvalue weighted by Crippen LogP contribution is -2.30. The van der Waals surface area contributed by atoms with Gasteiger partial charge in [-0.2, -0.15) is 0 Å². The van der Waals surface area contributed by atoms with E-state index in [2.05, 4.69) is 10.6 Å². The molecular formula is C14H21ClN2O2. The molecule has 2 N–H and O–H groups in total. The molecule has 2 rings (SSSR count). The van der Waals surface area contributed by atoms with Crippen LogP contribution >= 0.6 is 12.4 Å². The second-order valence-corrected chi connectivity index (χ2v) is 4.53. The van der Waals surface area contributed by atoms with Crippen LogP contribution < -0.4 is 15.4 Å². The summed E-state index contributed by atoms with van der Waals surface area (Å²) in [5.74, 6) is 1.36. The molecule has 19 heavy (non-hydrogen) atoms. The highest BCUT2D eigenvalue weighted by Crippen LogP contribution is 2.12. The van der Waals surface area contributed by atoms with Gasteiger partial charge < -0.3 is 15.4 Å². The van der Waals surface area contributed by atoms with Crippen LogP contribution in [0.4, 0.5) is 0 Å². The Labute approximate surface area is 120 Å². The van der Waals surface area contributed by atoms with Crippen molar-refractivity contribution in [1.82, 2.24) is 10.6 Å². The summed E-state index contributed by atoms with van der Waals surface area (Å²) >= 11 is 0. The second kappa shape index (κ2) is 8.02. The number of carbonyl (C=O) groups is 1. The van der Waals surface area contributed by atoms with Gasteiger partial charge >= 0.3 is 0 Å². The monoisotopic (exact) mass is 284 g/mol. The van der Waals surface area contributed by atoms with E-state index >= 15 is 0 Å². The predicted octanol–water partition coefficient (Wildman–Crippen LogP) is 1.85. The van der Waals surface area contributed by atoms with Crippen molar-refractivity contribution in [2.75, 3.05) is 26.2 Å². The summed E-state index contributed by atoms with van der Waals surface area (Å²) in [6.07, 6.45) is 1.14. The molecule has 1 heterocycles. The maximum absolute atomic E-state index is 11.9. The zero-order chi connectivity index (χ0) is 12.8. The van der Waals surface area contributed by atoms with Gasteiger partial charge in [0.1, 0.15) is 5.75 Å². The molecule has 0 radical (unpaired) electrons. The molecular weight excluding hydrogens is 264 g/mol. The highest BCUT2D eigenvalue weighted by atomic mass is 35.5. The van der Waals surface area contributed by atoms with Gasteiger partial charge in [0.15, 0.2) is 0 Å². The van der Waals surface area contributed by atoms with Gasteiger partial charge in [-0.3, -0.25) is 4.79 Å². The van der Waals surface area contributed by atoms with Crippen molar-refractivity contribution in [2.45, 2.75) is 13.3 Å². The molecule has 1 fully saturated rings. The van der Waals surface area contributed by atoms with Crippen molar-refractivity contribution in [1.29, 1.82) is 0 Å². The summed E-state index contributed by atoms with van der Waals surface area (Å²) in [6, 6.07) is 7.26. The highest BCUT2D eigenvalue weighted by molar-refractivity contribution is 5.94. The summed E-state index contributed by atoms with van der Waals surface area (Å²) in [6.45, 7) is 5.39. The number of carbonyl (C=O) groups excluding carboxylic acids is 1. The fraction of sp³-hybridized carbons (Fsp3) is 0.500. The summed E-state index contributed by atoms with van der Waals surface area (Å²) < 4.78 is 5.34. The summed E-state index contributed by atoms with van der Waals surface area (Å²) in [5, 5.41) is 6.26. The van der Waals surface area contributed by atoms with E-state index in [1.54, 1.807) is 12.1 Å². The van der Waals surface area contributed by atoms with Crippen LogP contribution in [0.5, 0.6) is 5.75 Å². The SMILES string of the molecule is CCOc1ccc(C(=O)NCC2CCNC2)cc1.Cl. The van der Waals surface area contributed by atoms with Crippen LogP contribution in [-0.4, -0.2) is 32.1 Å². The summed E-state index contributed by atoms with van der Waals surface area (Å²) in [4.78, 5) is 11.9. The minimum absolute atomic E-state index is 0. The van der Waals surface area contributed by atoms with Crippen molar-refractivity contribution < 1.29 is 9.53 Å². The van der Waals surface area contributed by atoms with Gasteiger partial charge in [-0.05, 0) is 56.6 Å². The van der Waals surface area contributed by atoms with Gasteiger partial charge in [-0.25, -0.2) is 0 Å². The van der Waals surface area contributed by atoms with Crippen molar-refractivity contribution >= 4 is 18.3 Å². The van der Waals surface area contributed by atoms with Gasteiger partial charge in [0, 0.05) is 12.1 Å². The van der Waals surface area contributed by atoms with Crippen LogP contribution in [-0.2, 0) is 0 Å². The Hall–Kier alpha value is -1.26. The Kier molecular flexibility index (Phi) is 6.67. The van der Waals surface area contributed by atoms with Gasteiger partial charge in [0.25, 0.3) is 5.91 Å². The predicted molar refractivity (Wildman–Crippen MR) is 78.2 cm³/mol. The normalized spacial score (nSPS) is 17.6. The second-order valence-electron chi connectivity index (χ2n) is 4.53. The van der Waals surface area contributed by atoms with E-state index in [1.165, 1.54) is 0 Å². The molecule has 1 atom stereocenters. The average Bonchev–Trinajstić information content (AvgIpc) is 2.90. The van der Waals surface area contributed by atoms with E-state index < -0.39 is 0 Å². The van der Waals surface area contributed by atoms with Crippen molar-refractivity contribution in [3.8, 4) is 5.75 Å². The smallest absolute Gasteiger partial charge is 0.251 e. The lowest BCUT2D eigenvalue weighted by molar-refractivity contribution is 0.0948. The number of hydrogen-bond donors (Lipinski definition) is 2. The van der Waals surface area contributed by atoms with Crippen LogP contribution in [0.3, 0.4) is 0 Å². The Morgan fingerprint density at radius 1 is 1.42 bits per heavy atom. The molecule has 0 aliphatic carbocycles. The number of hydrogen-bond acceptors (Lipinski definition) is 3. The molecule has 4 nitrogen and oxygen atoms in total. The van der Waals surface area contributed by atoms with Crippen LogP contribution in [0.25, 0.3) is 0 Å². The standard InChI is InChI=1S/C14H20N2O2.ClH/c1-2-18-13-5-3-12(4-6-13)14(17)16-10-11-7-8-15-9-11;/h3-6,11,15H,2,7-10H2,1H3,(H,16,17);1H. The molecule has 0 bridgehead atoms. The van der Waals surface area contributed by atoms with Crippen molar-refractivity contribution in [3.63, 3.8) is 0 Å². The van der Waals surface area contributed by atoms with E-state index in [-0.39, 0.29) is 18.3 Å². The minimum atomic E-state index is -0.00931. The molecule has 106 valence electrons. The Morgan fingerprint density at radius 2 is 2.16 bits per heavy atom.